The maximum atomic E-state index is 12.8. The van der Waals surface area contributed by atoms with Crippen LogP contribution in [0.4, 0.5) is 13.2 Å². The predicted molar refractivity (Wildman–Crippen MR) is 61.1 cm³/mol. The number of nitrogens with zero attached hydrogens (tertiary/aromatic N) is 1. The second-order valence-corrected chi connectivity index (χ2v) is 5.53. The molecule has 0 aliphatic heterocycles. The van der Waals surface area contributed by atoms with Gasteiger partial charge in [-0.05, 0) is 24.3 Å². The molecule has 0 spiro atoms. The van der Waals surface area contributed by atoms with Crippen LogP contribution in [-0.2, 0) is 16.0 Å². The molecule has 0 saturated heterocycles. The van der Waals surface area contributed by atoms with Crippen LogP contribution in [0.25, 0.3) is 0 Å². The van der Waals surface area contributed by atoms with Crippen LogP contribution in [0.3, 0.4) is 0 Å². The summed E-state index contributed by atoms with van der Waals surface area (Å²) in [7, 11) is -4.28. The fourth-order valence-electron chi connectivity index (χ4n) is 1.55. The van der Waals surface area contributed by atoms with Crippen LogP contribution < -0.4 is 0 Å². The predicted octanol–water partition coefficient (Wildman–Crippen LogP) is 2.93. The first-order chi connectivity index (χ1) is 8.83. The second-order valence-electron chi connectivity index (χ2n) is 3.67. The monoisotopic (exact) mass is 287 g/mol. The van der Waals surface area contributed by atoms with Gasteiger partial charge in [0.05, 0.1) is 10.5 Å². The molecule has 0 aliphatic rings. The molecule has 7 heteroatoms. The minimum absolute atomic E-state index is 0.410. The number of aromatic nitrogens is 1. The van der Waals surface area contributed by atoms with E-state index < -0.39 is 31.5 Å². The van der Waals surface area contributed by atoms with Crippen molar-refractivity contribution in [1.29, 1.82) is 0 Å². The highest BCUT2D eigenvalue weighted by atomic mass is 32.2. The summed E-state index contributed by atoms with van der Waals surface area (Å²) in [5, 5.41) is -0.410. The van der Waals surface area contributed by atoms with Crippen LogP contribution in [0.2, 0.25) is 0 Å². The van der Waals surface area contributed by atoms with E-state index in [4.69, 9.17) is 0 Å². The van der Waals surface area contributed by atoms with Crippen LogP contribution >= 0.6 is 0 Å². The lowest BCUT2D eigenvalue weighted by Crippen LogP contribution is -2.14. The number of rotatable bonds is 2. The first-order valence-corrected chi connectivity index (χ1v) is 6.64. The van der Waals surface area contributed by atoms with E-state index in [0.717, 1.165) is 24.3 Å². The minimum Gasteiger partial charge on any atom is -0.244 e. The molecule has 0 N–H and O–H groups in total. The summed E-state index contributed by atoms with van der Waals surface area (Å²) in [6, 6.07) is 8.07. The number of alkyl halides is 3. The summed E-state index contributed by atoms with van der Waals surface area (Å²) in [5.74, 6) is 0. The molecule has 19 heavy (non-hydrogen) atoms. The van der Waals surface area contributed by atoms with E-state index in [1.807, 2.05) is 0 Å². The molecule has 100 valence electrons. The molecule has 0 radical (unpaired) electrons. The van der Waals surface area contributed by atoms with Crippen molar-refractivity contribution in [3.8, 4) is 0 Å². The topological polar surface area (TPSA) is 47.0 Å². The Kier molecular flexibility index (Phi) is 3.32. The highest BCUT2D eigenvalue weighted by Gasteiger charge is 2.37. The number of sulfone groups is 1. The van der Waals surface area contributed by atoms with Gasteiger partial charge in [0.15, 0.2) is 5.03 Å². The largest absolute Gasteiger partial charge is 0.417 e. The van der Waals surface area contributed by atoms with Crippen LogP contribution in [0, 0.1) is 0 Å². The average Bonchev–Trinajstić information content (AvgIpc) is 2.39. The highest BCUT2D eigenvalue weighted by molar-refractivity contribution is 7.91. The Morgan fingerprint density at radius 1 is 0.947 bits per heavy atom. The van der Waals surface area contributed by atoms with E-state index in [1.165, 1.54) is 24.4 Å². The quantitative estimate of drug-likeness (QED) is 0.853. The Labute approximate surface area is 107 Å². The minimum atomic E-state index is -4.74. The van der Waals surface area contributed by atoms with Crippen LogP contribution in [0.15, 0.2) is 58.6 Å². The van der Waals surface area contributed by atoms with E-state index in [1.54, 1.807) is 0 Å². The van der Waals surface area contributed by atoms with Crippen molar-refractivity contribution in [2.75, 3.05) is 0 Å². The van der Waals surface area contributed by atoms with Gasteiger partial charge in [0.2, 0.25) is 9.84 Å². The lowest BCUT2D eigenvalue weighted by Gasteiger charge is -2.12. The summed E-state index contributed by atoms with van der Waals surface area (Å²) in [6.45, 7) is 0. The summed E-state index contributed by atoms with van der Waals surface area (Å²) in [6.07, 6.45) is -3.53. The van der Waals surface area contributed by atoms with Gasteiger partial charge >= 0.3 is 6.18 Å². The van der Waals surface area contributed by atoms with E-state index >= 15 is 0 Å². The third kappa shape index (κ3) is 2.60. The summed E-state index contributed by atoms with van der Waals surface area (Å²) in [4.78, 5) is 2.80. The molecule has 0 saturated carbocycles. The Hall–Kier alpha value is -1.89. The number of pyridine rings is 1. The number of halogens is 3. The molecule has 2 rings (SSSR count). The van der Waals surface area contributed by atoms with Crippen molar-refractivity contribution < 1.29 is 21.6 Å². The third-order valence-electron chi connectivity index (χ3n) is 2.40. The standard InChI is InChI=1S/C12H8F3NO2S/c13-12(14,15)9-5-1-2-6-10(9)19(17,18)11-7-3-4-8-16-11/h1-8H. The molecule has 0 fully saturated rings. The van der Waals surface area contributed by atoms with Gasteiger partial charge in [0.1, 0.15) is 0 Å². The molecule has 0 unspecified atom stereocenters. The van der Waals surface area contributed by atoms with Gasteiger partial charge in [-0.1, -0.05) is 18.2 Å². The van der Waals surface area contributed by atoms with Crippen LogP contribution in [0.5, 0.6) is 0 Å². The van der Waals surface area contributed by atoms with E-state index in [2.05, 4.69) is 4.98 Å². The number of hydrogen-bond donors (Lipinski definition) is 0. The molecule has 0 bridgehead atoms. The number of hydrogen-bond acceptors (Lipinski definition) is 3. The van der Waals surface area contributed by atoms with Crippen molar-refractivity contribution in [1.82, 2.24) is 4.98 Å². The van der Waals surface area contributed by atoms with Crippen LogP contribution in [-0.4, -0.2) is 13.4 Å². The summed E-state index contributed by atoms with van der Waals surface area (Å²) < 4.78 is 62.7. The molecule has 0 aliphatic carbocycles. The van der Waals surface area contributed by atoms with Crippen LogP contribution in [0.1, 0.15) is 5.56 Å². The van der Waals surface area contributed by atoms with Crippen molar-refractivity contribution in [2.45, 2.75) is 16.1 Å². The van der Waals surface area contributed by atoms with Crippen molar-refractivity contribution in [3.63, 3.8) is 0 Å². The van der Waals surface area contributed by atoms with Gasteiger partial charge in [0.25, 0.3) is 0 Å². The molecular formula is C12H8F3NO2S. The van der Waals surface area contributed by atoms with E-state index in [0.29, 0.717) is 0 Å². The molecule has 3 nitrogen and oxygen atoms in total. The fraction of sp³-hybridized carbons (Fsp3) is 0.0833. The van der Waals surface area contributed by atoms with Gasteiger partial charge in [-0.15, -0.1) is 0 Å². The molecule has 2 aromatic rings. The first kappa shape index (κ1) is 13.5. The van der Waals surface area contributed by atoms with Gasteiger partial charge in [-0.3, -0.25) is 0 Å². The Morgan fingerprint density at radius 3 is 2.16 bits per heavy atom. The maximum absolute atomic E-state index is 12.8. The van der Waals surface area contributed by atoms with E-state index in [9.17, 15) is 21.6 Å². The lowest BCUT2D eigenvalue weighted by atomic mass is 10.2. The summed E-state index contributed by atoms with van der Waals surface area (Å²) >= 11 is 0. The summed E-state index contributed by atoms with van der Waals surface area (Å²) in [5.41, 5.74) is -1.19. The molecule has 1 aromatic carbocycles. The second kappa shape index (κ2) is 4.65. The molecule has 0 amide bonds. The molecular weight excluding hydrogens is 279 g/mol. The van der Waals surface area contributed by atoms with Crippen molar-refractivity contribution in [3.05, 3.63) is 54.2 Å². The van der Waals surface area contributed by atoms with Gasteiger partial charge < -0.3 is 0 Å². The zero-order valence-electron chi connectivity index (χ0n) is 9.42. The highest BCUT2D eigenvalue weighted by Crippen LogP contribution is 2.35. The molecule has 1 aromatic heterocycles. The SMILES string of the molecule is O=S(=O)(c1ccccn1)c1ccccc1C(F)(F)F. The van der Waals surface area contributed by atoms with Gasteiger partial charge in [0, 0.05) is 6.20 Å². The smallest absolute Gasteiger partial charge is 0.244 e. The first-order valence-electron chi connectivity index (χ1n) is 5.16. The van der Waals surface area contributed by atoms with Crippen molar-refractivity contribution >= 4 is 9.84 Å². The zero-order valence-corrected chi connectivity index (χ0v) is 10.2. The zero-order chi connectivity index (χ0) is 14.1. The normalized spacial score (nSPS) is 12.4. The molecule has 0 atom stereocenters. The maximum Gasteiger partial charge on any atom is 0.417 e. The lowest BCUT2D eigenvalue weighted by molar-refractivity contribution is -0.139. The van der Waals surface area contributed by atoms with Crippen molar-refractivity contribution in [2.24, 2.45) is 0 Å². The number of benzene rings is 1. The Balaban J connectivity index is 2.67. The molecule has 1 heterocycles. The van der Waals surface area contributed by atoms with Gasteiger partial charge in [-0.2, -0.15) is 13.2 Å². The fourth-order valence-corrected chi connectivity index (χ4v) is 2.97. The Morgan fingerprint density at radius 2 is 1.58 bits per heavy atom. The van der Waals surface area contributed by atoms with Gasteiger partial charge in [-0.25, -0.2) is 13.4 Å². The Bertz CT molecular complexity index is 682. The average molecular weight is 287 g/mol. The van der Waals surface area contributed by atoms with E-state index in [-0.39, 0.29) is 0 Å². The third-order valence-corrected chi connectivity index (χ3v) is 4.12.